The lowest BCUT2D eigenvalue weighted by molar-refractivity contribution is -0.583. The number of halogens is 1. The highest BCUT2D eigenvalue weighted by molar-refractivity contribution is 6.31. The van der Waals surface area contributed by atoms with Crippen LogP contribution in [0.15, 0.2) is 30.5 Å². The lowest BCUT2D eigenvalue weighted by atomic mass is 9.89. The topological polar surface area (TPSA) is 88.1 Å². The third-order valence-corrected chi connectivity index (χ3v) is 5.27. The van der Waals surface area contributed by atoms with Gasteiger partial charge in [-0.1, -0.05) is 11.6 Å². The molecule has 1 aromatic carbocycles. The van der Waals surface area contributed by atoms with Crippen LogP contribution in [0.1, 0.15) is 26.7 Å². The predicted molar refractivity (Wildman–Crippen MR) is 100 cm³/mol. The molecule has 0 atom stereocenters. The molecule has 0 aliphatic carbocycles. The fraction of sp³-hybridized carbons (Fsp3) is 0.474. The minimum atomic E-state index is -0.998. The molecule has 2 aromatic rings. The predicted octanol–water partition coefficient (Wildman–Crippen LogP) is 3.60. The number of hydrogen-bond acceptors (Lipinski definition) is 8. The van der Waals surface area contributed by atoms with Crippen molar-refractivity contribution in [2.45, 2.75) is 38.3 Å². The Morgan fingerprint density at radius 2 is 1.93 bits per heavy atom. The third-order valence-electron chi connectivity index (χ3n) is 5.03. The van der Waals surface area contributed by atoms with Gasteiger partial charge in [-0.15, -0.1) is 0 Å². The SMILES string of the molecule is CC12OOC(C)(OO1)C2CCC(=O)OCCNc1ccnc2cc(Cl)ccc12. The standard InChI is InChI=1S/C19H21ClN2O6/c1-18-16(19(2,27-25-18)28-26-18)5-6-17(23)24-10-9-22-14-7-8-21-15-11-12(20)3-4-13(14)15/h3-4,7-8,11,16H,5-6,9-10H2,1-2H3,(H,21,22). The van der Waals surface area contributed by atoms with Gasteiger partial charge in [0.25, 0.3) is 0 Å². The molecular weight excluding hydrogens is 388 g/mol. The van der Waals surface area contributed by atoms with E-state index in [0.29, 0.717) is 18.0 Å². The molecule has 0 saturated carbocycles. The van der Waals surface area contributed by atoms with E-state index in [1.807, 2.05) is 18.2 Å². The van der Waals surface area contributed by atoms with Crippen LogP contribution in [0.5, 0.6) is 0 Å². The fourth-order valence-corrected chi connectivity index (χ4v) is 3.72. The molecule has 2 bridgehead atoms. The van der Waals surface area contributed by atoms with Crippen LogP contribution in [-0.2, 0) is 29.1 Å². The van der Waals surface area contributed by atoms with Crippen molar-refractivity contribution >= 4 is 34.2 Å². The monoisotopic (exact) mass is 408 g/mol. The summed E-state index contributed by atoms with van der Waals surface area (Å²) in [4.78, 5) is 37.0. The second-order valence-corrected chi connectivity index (χ2v) is 7.56. The van der Waals surface area contributed by atoms with E-state index in [1.54, 1.807) is 26.1 Å². The number of ether oxygens (including phenoxy) is 1. The molecule has 0 amide bonds. The Bertz CT molecular complexity index is 866. The number of benzene rings is 1. The molecule has 2 aliphatic rings. The number of anilines is 1. The summed E-state index contributed by atoms with van der Waals surface area (Å²) < 4.78 is 5.31. The molecule has 3 heterocycles. The number of hydrogen-bond donors (Lipinski definition) is 1. The van der Waals surface area contributed by atoms with Crippen LogP contribution in [-0.4, -0.2) is 35.7 Å². The molecule has 150 valence electrons. The first-order valence-corrected chi connectivity index (χ1v) is 9.45. The van der Waals surface area contributed by atoms with Crippen molar-refractivity contribution in [2.75, 3.05) is 18.5 Å². The van der Waals surface area contributed by atoms with Crippen LogP contribution in [0.25, 0.3) is 10.9 Å². The van der Waals surface area contributed by atoms with Gasteiger partial charge in [0, 0.05) is 35.3 Å². The number of esters is 1. The van der Waals surface area contributed by atoms with E-state index in [2.05, 4.69) is 10.3 Å². The van der Waals surface area contributed by atoms with Gasteiger partial charge in [-0.3, -0.25) is 9.78 Å². The van der Waals surface area contributed by atoms with E-state index < -0.39 is 11.6 Å². The Morgan fingerprint density at radius 1 is 1.21 bits per heavy atom. The highest BCUT2D eigenvalue weighted by Crippen LogP contribution is 2.51. The van der Waals surface area contributed by atoms with Crippen molar-refractivity contribution in [1.29, 1.82) is 0 Å². The number of carbonyl (C=O) groups excluding carboxylic acids is 1. The van der Waals surface area contributed by atoms with Crippen LogP contribution < -0.4 is 5.32 Å². The van der Waals surface area contributed by atoms with Gasteiger partial charge in [-0.05, 0) is 44.5 Å². The average Bonchev–Trinajstić information content (AvgIpc) is 3.07. The highest BCUT2D eigenvalue weighted by atomic mass is 35.5. The van der Waals surface area contributed by atoms with E-state index in [1.165, 1.54) is 0 Å². The number of carbonyl (C=O) groups is 1. The maximum Gasteiger partial charge on any atom is 0.305 e. The number of pyridine rings is 1. The summed E-state index contributed by atoms with van der Waals surface area (Å²) in [6.07, 6.45) is 2.39. The van der Waals surface area contributed by atoms with Gasteiger partial charge in [-0.25, -0.2) is 0 Å². The summed E-state index contributed by atoms with van der Waals surface area (Å²) in [5.74, 6) is -2.52. The summed E-state index contributed by atoms with van der Waals surface area (Å²) in [6.45, 7) is 4.16. The molecule has 4 rings (SSSR count). The van der Waals surface area contributed by atoms with Crippen molar-refractivity contribution in [3.05, 3.63) is 35.5 Å². The van der Waals surface area contributed by atoms with Crippen LogP contribution in [0.2, 0.25) is 5.02 Å². The van der Waals surface area contributed by atoms with E-state index in [4.69, 9.17) is 35.9 Å². The molecule has 1 N–H and O–H groups in total. The molecule has 0 radical (unpaired) electrons. The normalized spacial score (nSPS) is 28.6. The van der Waals surface area contributed by atoms with Gasteiger partial charge in [0.15, 0.2) is 0 Å². The Balaban J connectivity index is 1.23. The molecular formula is C19H21ClN2O6. The van der Waals surface area contributed by atoms with Gasteiger partial charge in [0.1, 0.15) is 6.61 Å². The molecule has 2 saturated heterocycles. The maximum absolute atomic E-state index is 12.1. The van der Waals surface area contributed by atoms with Gasteiger partial charge in [0.05, 0.1) is 11.4 Å². The second-order valence-electron chi connectivity index (χ2n) is 7.12. The largest absolute Gasteiger partial charge is 0.464 e. The van der Waals surface area contributed by atoms with Crippen molar-refractivity contribution < 1.29 is 29.1 Å². The molecule has 2 fully saturated rings. The zero-order valence-electron chi connectivity index (χ0n) is 15.6. The van der Waals surface area contributed by atoms with Gasteiger partial charge in [0.2, 0.25) is 11.6 Å². The van der Waals surface area contributed by atoms with E-state index in [0.717, 1.165) is 16.6 Å². The number of nitrogens with zero attached hydrogens (tertiary/aromatic N) is 1. The molecule has 9 heteroatoms. The first kappa shape index (κ1) is 19.4. The minimum Gasteiger partial charge on any atom is -0.464 e. The van der Waals surface area contributed by atoms with Crippen LogP contribution in [0.3, 0.4) is 0 Å². The van der Waals surface area contributed by atoms with Crippen molar-refractivity contribution in [1.82, 2.24) is 4.98 Å². The zero-order chi connectivity index (χ0) is 19.8. The van der Waals surface area contributed by atoms with Gasteiger partial charge >= 0.3 is 5.97 Å². The van der Waals surface area contributed by atoms with Crippen LogP contribution in [0, 0.1) is 5.92 Å². The summed E-state index contributed by atoms with van der Waals surface area (Å²) in [5.41, 5.74) is 1.71. The maximum atomic E-state index is 12.1. The Labute approximate surface area is 166 Å². The molecule has 1 aromatic heterocycles. The lowest BCUT2D eigenvalue weighted by Crippen LogP contribution is -2.33. The first-order chi connectivity index (χ1) is 13.4. The number of aromatic nitrogens is 1. The quantitative estimate of drug-likeness (QED) is 0.422. The molecule has 28 heavy (non-hydrogen) atoms. The molecule has 0 spiro atoms. The van der Waals surface area contributed by atoms with Crippen molar-refractivity contribution in [3.8, 4) is 0 Å². The van der Waals surface area contributed by atoms with Gasteiger partial charge < -0.3 is 10.1 Å². The minimum absolute atomic E-state index is 0.214. The molecule has 0 unspecified atom stereocenters. The molecule has 8 nitrogen and oxygen atoms in total. The zero-order valence-corrected chi connectivity index (χ0v) is 16.3. The summed E-state index contributed by atoms with van der Waals surface area (Å²) in [7, 11) is 0. The molecule has 2 aliphatic heterocycles. The average molecular weight is 409 g/mol. The third kappa shape index (κ3) is 3.66. The summed E-state index contributed by atoms with van der Waals surface area (Å²) in [6, 6.07) is 7.40. The van der Waals surface area contributed by atoms with Crippen molar-refractivity contribution in [3.63, 3.8) is 0 Å². The number of rotatable bonds is 7. The smallest absolute Gasteiger partial charge is 0.305 e. The Hall–Kier alpha value is -1.97. The number of fused-ring (bicyclic) bond motifs is 3. The van der Waals surface area contributed by atoms with E-state index in [-0.39, 0.29) is 24.9 Å². The highest BCUT2D eigenvalue weighted by Gasteiger charge is 2.65. The van der Waals surface area contributed by atoms with Crippen LogP contribution >= 0.6 is 11.6 Å². The fourth-order valence-electron chi connectivity index (χ4n) is 3.55. The Kier molecular flexibility index (Phi) is 5.15. The van der Waals surface area contributed by atoms with Crippen LogP contribution in [0.4, 0.5) is 5.69 Å². The lowest BCUT2D eigenvalue weighted by Gasteiger charge is -2.20. The van der Waals surface area contributed by atoms with Gasteiger partial charge in [-0.2, -0.15) is 19.6 Å². The summed E-state index contributed by atoms with van der Waals surface area (Å²) >= 11 is 6.00. The first-order valence-electron chi connectivity index (χ1n) is 9.07. The Morgan fingerprint density at radius 3 is 2.64 bits per heavy atom. The second kappa shape index (κ2) is 7.46. The van der Waals surface area contributed by atoms with E-state index in [9.17, 15) is 4.79 Å². The van der Waals surface area contributed by atoms with E-state index >= 15 is 0 Å². The summed E-state index contributed by atoms with van der Waals surface area (Å²) in [5, 5.41) is 4.85. The van der Waals surface area contributed by atoms with Crippen molar-refractivity contribution in [2.24, 2.45) is 5.92 Å². The number of nitrogens with one attached hydrogen (secondary N) is 1.